The summed E-state index contributed by atoms with van der Waals surface area (Å²) in [7, 11) is 1.64. The molecule has 0 saturated heterocycles. The number of rotatable bonds is 11. The monoisotopic (exact) mass is 433 g/mol. The van der Waals surface area contributed by atoms with Gasteiger partial charge in [0.2, 0.25) is 0 Å². The van der Waals surface area contributed by atoms with Crippen molar-refractivity contribution < 1.29 is 19.5 Å². The molecule has 0 fully saturated rings. The highest BCUT2D eigenvalue weighted by molar-refractivity contribution is 5.98. The SMILES string of the molecule is CNC(Cc1ccc(OCCO/N=C(/C)c2ccc(-c3ccccn3)cc2)cc1)C(=O)O. The van der Waals surface area contributed by atoms with Crippen molar-refractivity contribution in [1.29, 1.82) is 0 Å². The number of carboxylic acid groups (broad SMARTS) is 1. The Hall–Kier alpha value is -3.71. The van der Waals surface area contributed by atoms with Crippen LogP contribution in [0.5, 0.6) is 5.75 Å². The van der Waals surface area contributed by atoms with Crippen molar-refractivity contribution in [3.63, 3.8) is 0 Å². The Kier molecular flexibility index (Phi) is 8.34. The van der Waals surface area contributed by atoms with E-state index in [1.54, 1.807) is 13.2 Å². The number of hydrogen-bond acceptors (Lipinski definition) is 6. The molecule has 7 nitrogen and oxygen atoms in total. The number of carboxylic acids is 1. The zero-order valence-electron chi connectivity index (χ0n) is 18.2. The third kappa shape index (κ3) is 6.65. The Balaban J connectivity index is 1.43. The van der Waals surface area contributed by atoms with Gasteiger partial charge in [-0.2, -0.15) is 0 Å². The summed E-state index contributed by atoms with van der Waals surface area (Å²) in [5.41, 5.74) is 4.65. The van der Waals surface area contributed by atoms with E-state index in [9.17, 15) is 4.79 Å². The fourth-order valence-corrected chi connectivity index (χ4v) is 3.08. The van der Waals surface area contributed by atoms with E-state index in [0.29, 0.717) is 25.4 Å². The maximum absolute atomic E-state index is 11.1. The summed E-state index contributed by atoms with van der Waals surface area (Å²) in [5.74, 6) is -0.176. The molecule has 0 aliphatic carbocycles. The Bertz CT molecular complexity index is 1020. The molecule has 2 aromatic carbocycles. The second-order valence-corrected chi connectivity index (χ2v) is 7.18. The van der Waals surface area contributed by atoms with Crippen LogP contribution < -0.4 is 10.1 Å². The summed E-state index contributed by atoms with van der Waals surface area (Å²) in [5, 5.41) is 16.1. The second-order valence-electron chi connectivity index (χ2n) is 7.18. The van der Waals surface area contributed by atoms with Crippen LogP contribution in [0.25, 0.3) is 11.3 Å². The summed E-state index contributed by atoms with van der Waals surface area (Å²) in [6.45, 7) is 2.56. The van der Waals surface area contributed by atoms with Crippen LogP contribution in [0.3, 0.4) is 0 Å². The molecule has 0 saturated carbocycles. The van der Waals surface area contributed by atoms with Gasteiger partial charge >= 0.3 is 5.97 Å². The third-order valence-electron chi connectivity index (χ3n) is 4.92. The van der Waals surface area contributed by atoms with Crippen molar-refractivity contribution in [2.45, 2.75) is 19.4 Å². The van der Waals surface area contributed by atoms with E-state index in [0.717, 1.165) is 28.1 Å². The van der Waals surface area contributed by atoms with Gasteiger partial charge in [-0.3, -0.25) is 9.78 Å². The van der Waals surface area contributed by atoms with Crippen molar-refractivity contribution >= 4 is 11.7 Å². The number of likely N-dealkylation sites (N-methyl/N-ethyl adjacent to an activating group) is 1. The minimum atomic E-state index is -0.870. The number of ether oxygens (including phenoxy) is 1. The van der Waals surface area contributed by atoms with Gasteiger partial charge in [-0.1, -0.05) is 47.6 Å². The van der Waals surface area contributed by atoms with Gasteiger partial charge in [0, 0.05) is 11.8 Å². The molecule has 0 bridgehead atoms. The number of hydrogen-bond donors (Lipinski definition) is 2. The van der Waals surface area contributed by atoms with Crippen molar-refractivity contribution in [2.24, 2.45) is 5.16 Å². The molecule has 0 aliphatic heterocycles. The zero-order chi connectivity index (χ0) is 22.8. The predicted molar refractivity (Wildman–Crippen MR) is 124 cm³/mol. The molecule has 2 N–H and O–H groups in total. The van der Waals surface area contributed by atoms with Gasteiger partial charge in [-0.25, -0.2) is 0 Å². The van der Waals surface area contributed by atoms with Crippen LogP contribution in [0, 0.1) is 0 Å². The minimum absolute atomic E-state index is 0.311. The average molecular weight is 434 g/mol. The number of carbonyl (C=O) groups is 1. The number of pyridine rings is 1. The molecule has 3 aromatic rings. The fourth-order valence-electron chi connectivity index (χ4n) is 3.08. The average Bonchev–Trinajstić information content (AvgIpc) is 2.83. The Morgan fingerprint density at radius 2 is 1.81 bits per heavy atom. The second kappa shape index (κ2) is 11.6. The van der Waals surface area contributed by atoms with Crippen LogP contribution in [0.4, 0.5) is 0 Å². The molecule has 0 radical (unpaired) electrons. The van der Waals surface area contributed by atoms with Crippen molar-refractivity contribution in [3.8, 4) is 17.0 Å². The Labute approximate surface area is 187 Å². The summed E-state index contributed by atoms with van der Waals surface area (Å²) in [6.07, 6.45) is 2.19. The number of aliphatic carboxylic acids is 1. The van der Waals surface area contributed by atoms with E-state index in [1.807, 2.05) is 73.7 Å². The van der Waals surface area contributed by atoms with E-state index >= 15 is 0 Å². The van der Waals surface area contributed by atoms with Gasteiger partial charge < -0.3 is 20.0 Å². The van der Waals surface area contributed by atoms with Crippen molar-refractivity contribution in [2.75, 3.05) is 20.3 Å². The summed E-state index contributed by atoms with van der Waals surface area (Å²) < 4.78 is 5.66. The molecule has 32 heavy (non-hydrogen) atoms. The largest absolute Gasteiger partial charge is 0.490 e. The van der Waals surface area contributed by atoms with Crippen LogP contribution in [-0.2, 0) is 16.1 Å². The quantitative estimate of drug-likeness (QED) is 0.272. The van der Waals surface area contributed by atoms with Gasteiger partial charge in [0.25, 0.3) is 0 Å². The van der Waals surface area contributed by atoms with Crippen LogP contribution in [0.15, 0.2) is 78.1 Å². The first kappa shape index (κ1) is 23.0. The van der Waals surface area contributed by atoms with Gasteiger partial charge in [-0.15, -0.1) is 0 Å². The number of oxime groups is 1. The van der Waals surface area contributed by atoms with Crippen LogP contribution in [0.2, 0.25) is 0 Å². The first-order chi connectivity index (χ1) is 15.6. The molecule has 166 valence electrons. The molecule has 7 heteroatoms. The van der Waals surface area contributed by atoms with Crippen molar-refractivity contribution in [3.05, 3.63) is 84.1 Å². The normalized spacial score (nSPS) is 12.2. The Morgan fingerprint density at radius 1 is 1.06 bits per heavy atom. The fraction of sp³-hybridized carbons (Fsp3) is 0.240. The minimum Gasteiger partial charge on any atom is -0.490 e. The molecule has 0 aliphatic rings. The molecule has 1 unspecified atom stereocenters. The van der Waals surface area contributed by atoms with E-state index in [-0.39, 0.29) is 0 Å². The molecule has 1 heterocycles. The summed E-state index contributed by atoms with van der Waals surface area (Å²) >= 11 is 0. The molecule has 1 aromatic heterocycles. The van der Waals surface area contributed by atoms with Gasteiger partial charge in [0.1, 0.15) is 18.4 Å². The first-order valence-electron chi connectivity index (χ1n) is 10.4. The molecule has 0 amide bonds. The lowest BCUT2D eigenvalue weighted by Crippen LogP contribution is -2.35. The molecule has 1 atom stereocenters. The summed E-state index contributed by atoms with van der Waals surface area (Å²) in [4.78, 5) is 20.8. The third-order valence-corrected chi connectivity index (χ3v) is 4.92. The number of nitrogens with one attached hydrogen (secondary N) is 1. The Morgan fingerprint density at radius 3 is 2.44 bits per heavy atom. The van der Waals surface area contributed by atoms with Crippen LogP contribution >= 0.6 is 0 Å². The highest BCUT2D eigenvalue weighted by atomic mass is 16.6. The van der Waals surface area contributed by atoms with Gasteiger partial charge in [-0.05, 0) is 55.8 Å². The van der Waals surface area contributed by atoms with Crippen molar-refractivity contribution in [1.82, 2.24) is 10.3 Å². The lowest BCUT2D eigenvalue weighted by atomic mass is 10.1. The van der Waals surface area contributed by atoms with Crippen LogP contribution in [-0.4, -0.2) is 48.1 Å². The number of aromatic nitrogens is 1. The van der Waals surface area contributed by atoms with Gasteiger partial charge in [0.15, 0.2) is 6.61 Å². The highest BCUT2D eigenvalue weighted by Gasteiger charge is 2.15. The van der Waals surface area contributed by atoms with E-state index in [2.05, 4.69) is 15.5 Å². The zero-order valence-corrected chi connectivity index (χ0v) is 18.2. The van der Waals surface area contributed by atoms with E-state index in [1.165, 1.54) is 0 Å². The van der Waals surface area contributed by atoms with Gasteiger partial charge in [0.05, 0.1) is 11.4 Å². The predicted octanol–water partition coefficient (Wildman–Crippen LogP) is 3.78. The smallest absolute Gasteiger partial charge is 0.321 e. The molecule has 0 spiro atoms. The first-order valence-corrected chi connectivity index (χ1v) is 10.4. The topological polar surface area (TPSA) is 93.0 Å². The lowest BCUT2D eigenvalue weighted by molar-refractivity contribution is -0.139. The molecule has 3 rings (SSSR count). The number of nitrogens with zero attached hydrogens (tertiary/aromatic N) is 2. The maximum Gasteiger partial charge on any atom is 0.321 e. The van der Waals surface area contributed by atoms with E-state index in [4.69, 9.17) is 14.7 Å². The highest BCUT2D eigenvalue weighted by Crippen LogP contribution is 2.17. The van der Waals surface area contributed by atoms with Crippen LogP contribution in [0.1, 0.15) is 18.1 Å². The summed E-state index contributed by atoms with van der Waals surface area (Å²) in [6, 6.07) is 20.6. The maximum atomic E-state index is 11.1. The standard InChI is InChI=1S/C25H27N3O4/c1-18(20-8-10-21(11-9-20)23-5-3-4-14-27-23)28-32-16-15-31-22-12-6-19(7-13-22)17-24(26-2)25(29)30/h3-14,24,26H,15-17H2,1-2H3,(H,29,30)/b28-18-. The lowest BCUT2D eigenvalue weighted by Gasteiger charge is -2.11. The molecular formula is C25H27N3O4. The molecular weight excluding hydrogens is 406 g/mol. The van der Waals surface area contributed by atoms with E-state index < -0.39 is 12.0 Å². The number of benzene rings is 2.